The van der Waals surface area contributed by atoms with Gasteiger partial charge in [-0.3, -0.25) is 0 Å². The summed E-state index contributed by atoms with van der Waals surface area (Å²) in [4.78, 5) is 0. The minimum atomic E-state index is -1.64. The summed E-state index contributed by atoms with van der Waals surface area (Å²) in [7, 11) is -1.64. The van der Waals surface area contributed by atoms with Crippen molar-refractivity contribution in [3.63, 3.8) is 0 Å². The number of anilines is 1. The van der Waals surface area contributed by atoms with Crippen molar-refractivity contribution < 1.29 is 15.2 Å². The highest BCUT2D eigenvalue weighted by Gasteiger charge is 2.14. The second-order valence-electron chi connectivity index (χ2n) is 2.19. The van der Waals surface area contributed by atoms with E-state index in [1.165, 1.54) is 18.2 Å². The zero-order valence-corrected chi connectivity index (χ0v) is 5.73. The van der Waals surface area contributed by atoms with Crippen LogP contribution in [0.3, 0.4) is 0 Å². The van der Waals surface area contributed by atoms with Gasteiger partial charge in [0.1, 0.15) is 5.75 Å². The third-order valence-corrected chi connectivity index (χ3v) is 1.35. The van der Waals surface area contributed by atoms with Gasteiger partial charge in [-0.15, -0.1) is 0 Å². The molecule has 0 radical (unpaired) electrons. The smallest absolute Gasteiger partial charge is 0.490 e. The highest BCUT2D eigenvalue weighted by Crippen LogP contribution is 2.08. The Morgan fingerprint density at radius 1 is 1.27 bits per heavy atom. The van der Waals surface area contributed by atoms with Gasteiger partial charge in [-0.2, -0.15) is 0 Å². The molecule has 1 aromatic rings. The van der Waals surface area contributed by atoms with Gasteiger partial charge in [0.15, 0.2) is 0 Å². The Labute approximate surface area is 64.0 Å². The van der Waals surface area contributed by atoms with E-state index in [1.807, 2.05) is 0 Å². The molecular formula is C6H8BNO3. The van der Waals surface area contributed by atoms with Crippen LogP contribution in [0.1, 0.15) is 0 Å². The van der Waals surface area contributed by atoms with Gasteiger partial charge in [-0.25, -0.2) is 0 Å². The van der Waals surface area contributed by atoms with Crippen molar-refractivity contribution in [3.05, 3.63) is 18.2 Å². The SMILES string of the molecule is Nc1ccc(O)cc1B(O)O. The molecule has 1 aromatic carbocycles. The number of hydrogen-bond donors (Lipinski definition) is 4. The summed E-state index contributed by atoms with van der Waals surface area (Å²) in [6.07, 6.45) is 0. The summed E-state index contributed by atoms with van der Waals surface area (Å²) in [5.41, 5.74) is 5.72. The minimum absolute atomic E-state index is 0.0395. The molecule has 0 aromatic heterocycles. The largest absolute Gasteiger partial charge is 0.508 e. The Hall–Kier alpha value is -1.20. The molecule has 5 N–H and O–H groups in total. The predicted molar refractivity (Wildman–Crippen MR) is 42.3 cm³/mol. The van der Waals surface area contributed by atoms with E-state index in [4.69, 9.17) is 20.9 Å². The predicted octanol–water partition coefficient (Wildman–Crippen LogP) is -1.35. The summed E-state index contributed by atoms with van der Waals surface area (Å²) >= 11 is 0. The monoisotopic (exact) mass is 153 g/mol. The van der Waals surface area contributed by atoms with Crippen LogP contribution in [0.15, 0.2) is 18.2 Å². The number of benzene rings is 1. The molecule has 1 rings (SSSR count). The van der Waals surface area contributed by atoms with Crippen molar-refractivity contribution in [1.82, 2.24) is 0 Å². The Balaban J connectivity index is 3.13. The van der Waals surface area contributed by atoms with E-state index in [0.717, 1.165) is 0 Å². The summed E-state index contributed by atoms with van der Waals surface area (Å²) in [6, 6.07) is 3.99. The summed E-state index contributed by atoms with van der Waals surface area (Å²) in [5.74, 6) is -0.0395. The molecule has 0 unspecified atom stereocenters. The second-order valence-corrected chi connectivity index (χ2v) is 2.19. The highest BCUT2D eigenvalue weighted by molar-refractivity contribution is 6.60. The van der Waals surface area contributed by atoms with Gasteiger partial charge in [0.05, 0.1) is 0 Å². The van der Waals surface area contributed by atoms with E-state index >= 15 is 0 Å². The molecule has 11 heavy (non-hydrogen) atoms. The first-order valence-electron chi connectivity index (χ1n) is 3.06. The van der Waals surface area contributed by atoms with Crippen molar-refractivity contribution in [2.45, 2.75) is 0 Å². The van der Waals surface area contributed by atoms with Crippen LogP contribution in [0.4, 0.5) is 5.69 Å². The molecule has 0 spiro atoms. The number of rotatable bonds is 1. The molecule has 4 nitrogen and oxygen atoms in total. The third-order valence-electron chi connectivity index (χ3n) is 1.35. The number of nitrogens with two attached hydrogens (primary N) is 1. The van der Waals surface area contributed by atoms with Gasteiger partial charge in [0.25, 0.3) is 0 Å². The molecule has 0 saturated carbocycles. The van der Waals surface area contributed by atoms with E-state index in [9.17, 15) is 0 Å². The lowest BCUT2D eigenvalue weighted by Crippen LogP contribution is -2.31. The van der Waals surface area contributed by atoms with Crippen molar-refractivity contribution in [1.29, 1.82) is 0 Å². The van der Waals surface area contributed by atoms with Crippen LogP contribution in [0.2, 0.25) is 0 Å². The molecule has 0 aliphatic rings. The first-order chi connectivity index (χ1) is 5.11. The standard InChI is InChI=1S/C6H8BNO3/c8-6-2-1-4(9)3-5(6)7(10)11/h1-3,9-11H,8H2. The molecule has 0 amide bonds. The lowest BCUT2D eigenvalue weighted by atomic mass is 9.79. The van der Waals surface area contributed by atoms with Crippen molar-refractivity contribution in [3.8, 4) is 5.75 Å². The molecular weight excluding hydrogens is 145 g/mol. The molecule has 0 atom stereocenters. The first kappa shape index (κ1) is 7.91. The molecule has 58 valence electrons. The molecule has 0 aliphatic carbocycles. The maximum Gasteiger partial charge on any atom is 0.490 e. The number of phenols is 1. The maximum absolute atomic E-state index is 8.91. The van der Waals surface area contributed by atoms with E-state index < -0.39 is 7.12 Å². The Bertz CT molecular complexity index is 264. The third kappa shape index (κ3) is 1.63. The fraction of sp³-hybridized carbons (Fsp3) is 0. The van der Waals surface area contributed by atoms with E-state index in [0.29, 0.717) is 0 Å². The van der Waals surface area contributed by atoms with Crippen LogP contribution in [0.25, 0.3) is 0 Å². The number of nitrogen functional groups attached to an aromatic ring is 1. The topological polar surface area (TPSA) is 86.7 Å². The van der Waals surface area contributed by atoms with Gasteiger partial charge in [0.2, 0.25) is 0 Å². The van der Waals surface area contributed by atoms with Gasteiger partial charge < -0.3 is 20.9 Å². The van der Waals surface area contributed by atoms with E-state index in [1.54, 1.807) is 0 Å². The summed E-state index contributed by atoms with van der Waals surface area (Å²) < 4.78 is 0. The summed E-state index contributed by atoms with van der Waals surface area (Å²) in [6.45, 7) is 0. The fourth-order valence-corrected chi connectivity index (χ4v) is 0.786. The van der Waals surface area contributed by atoms with Crippen molar-refractivity contribution in [2.75, 3.05) is 5.73 Å². The second kappa shape index (κ2) is 2.81. The van der Waals surface area contributed by atoms with Crippen LogP contribution >= 0.6 is 0 Å². The number of aromatic hydroxyl groups is 1. The normalized spacial score (nSPS) is 9.64. The average Bonchev–Trinajstić information content (AvgIpc) is 1.94. The lowest BCUT2D eigenvalue weighted by molar-refractivity contribution is 0.425. The van der Waals surface area contributed by atoms with Gasteiger partial charge in [-0.1, -0.05) is 0 Å². The minimum Gasteiger partial charge on any atom is -0.508 e. The summed E-state index contributed by atoms with van der Waals surface area (Å²) in [5, 5.41) is 26.3. The zero-order valence-electron chi connectivity index (χ0n) is 5.73. The van der Waals surface area contributed by atoms with Gasteiger partial charge in [0, 0.05) is 11.2 Å². The number of hydrogen-bond acceptors (Lipinski definition) is 4. The van der Waals surface area contributed by atoms with Crippen LogP contribution in [-0.4, -0.2) is 22.3 Å². The van der Waals surface area contributed by atoms with Crippen LogP contribution in [0, 0.1) is 0 Å². The van der Waals surface area contributed by atoms with Crippen LogP contribution < -0.4 is 11.2 Å². The zero-order chi connectivity index (χ0) is 8.43. The van der Waals surface area contributed by atoms with Crippen LogP contribution in [0.5, 0.6) is 5.75 Å². The van der Waals surface area contributed by atoms with Crippen molar-refractivity contribution >= 4 is 18.3 Å². The van der Waals surface area contributed by atoms with E-state index in [2.05, 4.69) is 0 Å². The quantitative estimate of drug-likeness (QED) is 0.228. The lowest BCUT2D eigenvalue weighted by Gasteiger charge is -2.03. The molecule has 0 fully saturated rings. The molecule has 0 aliphatic heterocycles. The van der Waals surface area contributed by atoms with Gasteiger partial charge in [-0.05, 0) is 18.2 Å². The average molecular weight is 153 g/mol. The van der Waals surface area contributed by atoms with Crippen molar-refractivity contribution in [2.24, 2.45) is 0 Å². The Morgan fingerprint density at radius 2 is 1.91 bits per heavy atom. The maximum atomic E-state index is 8.91. The van der Waals surface area contributed by atoms with Crippen LogP contribution in [-0.2, 0) is 0 Å². The fourth-order valence-electron chi connectivity index (χ4n) is 0.786. The number of phenolic OH excluding ortho intramolecular Hbond substituents is 1. The molecule has 0 heterocycles. The highest BCUT2D eigenvalue weighted by atomic mass is 16.4. The molecule has 0 bridgehead atoms. The Kier molecular flexibility index (Phi) is 2.02. The molecule has 5 heteroatoms. The van der Waals surface area contributed by atoms with Gasteiger partial charge >= 0.3 is 7.12 Å². The van der Waals surface area contributed by atoms with E-state index in [-0.39, 0.29) is 16.9 Å². The molecule has 0 saturated heterocycles. The Morgan fingerprint density at radius 3 is 2.36 bits per heavy atom. The first-order valence-corrected chi connectivity index (χ1v) is 3.06.